The van der Waals surface area contributed by atoms with E-state index in [1.165, 1.54) is 5.56 Å². The van der Waals surface area contributed by atoms with Gasteiger partial charge in [-0.15, -0.1) is 0 Å². The van der Waals surface area contributed by atoms with Crippen LogP contribution in [0.4, 0.5) is 0 Å². The lowest BCUT2D eigenvalue weighted by Crippen LogP contribution is -2.20. The highest BCUT2D eigenvalue weighted by Crippen LogP contribution is 2.20. The second kappa shape index (κ2) is 6.85. The van der Waals surface area contributed by atoms with E-state index in [1.807, 2.05) is 18.2 Å². The first kappa shape index (κ1) is 13.5. The molecule has 4 heteroatoms. The topological polar surface area (TPSA) is 47.0 Å². The third-order valence-electron chi connectivity index (χ3n) is 3.10. The van der Waals surface area contributed by atoms with Gasteiger partial charge < -0.3 is 10.1 Å². The number of rotatable bonds is 6. The Balaban J connectivity index is 1.99. The molecule has 0 saturated carbocycles. The van der Waals surface area contributed by atoms with Crippen LogP contribution in [-0.2, 0) is 6.54 Å². The quantitative estimate of drug-likeness (QED) is 0.864. The smallest absolute Gasteiger partial charge is 0.118 e. The Kier molecular flexibility index (Phi) is 4.86. The van der Waals surface area contributed by atoms with Crippen LogP contribution in [0.5, 0.6) is 5.75 Å². The third-order valence-corrected chi connectivity index (χ3v) is 3.10. The molecule has 1 aromatic heterocycles. The first-order chi connectivity index (χ1) is 9.33. The molecule has 0 spiro atoms. The summed E-state index contributed by atoms with van der Waals surface area (Å²) >= 11 is 0. The zero-order chi connectivity index (χ0) is 13.5. The van der Waals surface area contributed by atoms with Crippen LogP contribution in [0.2, 0.25) is 0 Å². The molecular formula is C15H19N3O. The molecule has 1 heterocycles. The van der Waals surface area contributed by atoms with E-state index in [9.17, 15) is 0 Å². The number of ether oxygens (including phenoxy) is 1. The average Bonchev–Trinajstić information content (AvgIpc) is 2.49. The predicted molar refractivity (Wildman–Crippen MR) is 74.9 cm³/mol. The molecule has 1 aromatic carbocycles. The summed E-state index contributed by atoms with van der Waals surface area (Å²) in [6.45, 7) is 2.91. The van der Waals surface area contributed by atoms with E-state index in [2.05, 4.69) is 34.3 Å². The fraction of sp³-hybridized carbons (Fsp3) is 0.333. The summed E-state index contributed by atoms with van der Waals surface area (Å²) in [4.78, 5) is 8.13. The largest absolute Gasteiger partial charge is 0.497 e. The van der Waals surface area contributed by atoms with Crippen molar-refractivity contribution in [2.45, 2.75) is 25.9 Å². The van der Waals surface area contributed by atoms with Crippen molar-refractivity contribution >= 4 is 0 Å². The number of hydrogen-bond acceptors (Lipinski definition) is 4. The van der Waals surface area contributed by atoms with Crippen molar-refractivity contribution in [3.05, 3.63) is 54.1 Å². The molecule has 0 aliphatic heterocycles. The van der Waals surface area contributed by atoms with Gasteiger partial charge in [0.2, 0.25) is 0 Å². The first-order valence-electron chi connectivity index (χ1n) is 6.45. The van der Waals surface area contributed by atoms with E-state index >= 15 is 0 Å². The van der Waals surface area contributed by atoms with Crippen LogP contribution in [-0.4, -0.2) is 17.1 Å². The second-order valence-electron chi connectivity index (χ2n) is 4.32. The predicted octanol–water partition coefficient (Wildman–Crippen LogP) is 2.73. The molecule has 0 aliphatic carbocycles. The maximum atomic E-state index is 5.17. The summed E-state index contributed by atoms with van der Waals surface area (Å²) < 4.78 is 5.17. The number of nitrogens with one attached hydrogen (secondary N) is 1. The standard InChI is InChI=1S/C15H19N3O/c1-3-15(12-4-6-14(19-2)7-5-12)17-10-13-8-9-16-11-18-13/h4-9,11,15,17H,3,10H2,1-2H3. The highest BCUT2D eigenvalue weighted by molar-refractivity contribution is 5.29. The van der Waals surface area contributed by atoms with Gasteiger partial charge in [0.15, 0.2) is 0 Å². The van der Waals surface area contributed by atoms with Crippen molar-refractivity contribution in [3.8, 4) is 5.75 Å². The number of methoxy groups -OCH3 is 1. The van der Waals surface area contributed by atoms with Gasteiger partial charge in [0, 0.05) is 18.8 Å². The van der Waals surface area contributed by atoms with Crippen molar-refractivity contribution in [1.29, 1.82) is 0 Å². The lowest BCUT2D eigenvalue weighted by atomic mass is 10.0. The van der Waals surface area contributed by atoms with Gasteiger partial charge in [0.1, 0.15) is 12.1 Å². The summed E-state index contributed by atoms with van der Waals surface area (Å²) in [6.07, 6.45) is 4.36. The molecule has 2 rings (SSSR count). The lowest BCUT2D eigenvalue weighted by molar-refractivity contribution is 0.414. The highest BCUT2D eigenvalue weighted by Gasteiger charge is 2.08. The summed E-state index contributed by atoms with van der Waals surface area (Å²) in [5, 5.41) is 3.51. The van der Waals surface area contributed by atoms with Crippen LogP contribution in [0.25, 0.3) is 0 Å². The van der Waals surface area contributed by atoms with Gasteiger partial charge in [-0.2, -0.15) is 0 Å². The molecule has 0 aliphatic rings. The summed E-state index contributed by atoms with van der Waals surface area (Å²) in [7, 11) is 1.68. The van der Waals surface area contributed by atoms with Crippen LogP contribution in [0.3, 0.4) is 0 Å². The molecule has 100 valence electrons. The van der Waals surface area contributed by atoms with E-state index < -0.39 is 0 Å². The molecule has 2 aromatic rings. The van der Waals surface area contributed by atoms with Crippen LogP contribution in [0, 0.1) is 0 Å². The Bertz CT molecular complexity index is 485. The Morgan fingerprint density at radius 2 is 2.00 bits per heavy atom. The summed E-state index contributed by atoms with van der Waals surface area (Å²) in [5.41, 5.74) is 2.26. The van der Waals surface area contributed by atoms with Crippen LogP contribution in [0.15, 0.2) is 42.9 Å². The Morgan fingerprint density at radius 1 is 1.21 bits per heavy atom. The van der Waals surface area contributed by atoms with Gasteiger partial charge in [-0.05, 0) is 30.2 Å². The van der Waals surface area contributed by atoms with Crippen molar-refractivity contribution < 1.29 is 4.74 Å². The maximum absolute atomic E-state index is 5.17. The molecule has 19 heavy (non-hydrogen) atoms. The van der Waals surface area contributed by atoms with E-state index in [0.717, 1.165) is 24.4 Å². The van der Waals surface area contributed by atoms with Gasteiger partial charge in [-0.3, -0.25) is 0 Å². The average molecular weight is 257 g/mol. The fourth-order valence-corrected chi connectivity index (χ4v) is 1.98. The van der Waals surface area contributed by atoms with Gasteiger partial charge in [0.05, 0.1) is 12.8 Å². The fourth-order valence-electron chi connectivity index (χ4n) is 1.98. The minimum atomic E-state index is 0.320. The third kappa shape index (κ3) is 3.76. The summed E-state index contributed by atoms with van der Waals surface area (Å²) in [6, 6.07) is 10.4. The normalized spacial score (nSPS) is 12.1. The van der Waals surface area contributed by atoms with Crippen LogP contribution >= 0.6 is 0 Å². The molecule has 0 saturated heterocycles. The SMILES string of the molecule is CCC(NCc1ccncn1)c1ccc(OC)cc1. The number of aromatic nitrogens is 2. The Hall–Kier alpha value is -1.94. The minimum Gasteiger partial charge on any atom is -0.497 e. The number of nitrogens with zero attached hydrogens (tertiary/aromatic N) is 2. The molecule has 0 fully saturated rings. The zero-order valence-corrected chi connectivity index (χ0v) is 11.3. The minimum absolute atomic E-state index is 0.320. The van der Waals surface area contributed by atoms with Gasteiger partial charge in [0.25, 0.3) is 0 Å². The van der Waals surface area contributed by atoms with E-state index in [0.29, 0.717) is 6.04 Å². The van der Waals surface area contributed by atoms with Crippen molar-refractivity contribution in [3.63, 3.8) is 0 Å². The number of hydrogen-bond donors (Lipinski definition) is 1. The second-order valence-corrected chi connectivity index (χ2v) is 4.32. The zero-order valence-electron chi connectivity index (χ0n) is 11.3. The van der Waals surface area contributed by atoms with Crippen molar-refractivity contribution in [2.24, 2.45) is 0 Å². The summed E-state index contributed by atoms with van der Waals surface area (Å²) in [5.74, 6) is 0.884. The van der Waals surface area contributed by atoms with E-state index in [1.54, 1.807) is 19.6 Å². The maximum Gasteiger partial charge on any atom is 0.118 e. The molecule has 4 nitrogen and oxygen atoms in total. The molecule has 0 amide bonds. The van der Waals surface area contributed by atoms with Crippen molar-refractivity contribution in [1.82, 2.24) is 15.3 Å². The van der Waals surface area contributed by atoms with Gasteiger partial charge in [-0.1, -0.05) is 19.1 Å². The highest BCUT2D eigenvalue weighted by atomic mass is 16.5. The van der Waals surface area contributed by atoms with E-state index in [4.69, 9.17) is 4.74 Å². The molecule has 0 bridgehead atoms. The molecule has 1 N–H and O–H groups in total. The van der Waals surface area contributed by atoms with Crippen molar-refractivity contribution in [2.75, 3.05) is 7.11 Å². The molecule has 1 unspecified atom stereocenters. The molecule has 0 radical (unpaired) electrons. The first-order valence-corrected chi connectivity index (χ1v) is 6.45. The number of benzene rings is 1. The Morgan fingerprint density at radius 3 is 2.58 bits per heavy atom. The lowest BCUT2D eigenvalue weighted by Gasteiger charge is -2.17. The molecular weight excluding hydrogens is 238 g/mol. The molecule has 1 atom stereocenters. The Labute approximate surface area is 113 Å². The van der Waals surface area contributed by atoms with Crippen LogP contribution in [0.1, 0.15) is 30.6 Å². The van der Waals surface area contributed by atoms with Gasteiger partial charge in [-0.25, -0.2) is 9.97 Å². The van der Waals surface area contributed by atoms with E-state index in [-0.39, 0.29) is 0 Å². The van der Waals surface area contributed by atoms with Gasteiger partial charge >= 0.3 is 0 Å². The van der Waals surface area contributed by atoms with Crippen LogP contribution < -0.4 is 10.1 Å². The monoisotopic (exact) mass is 257 g/mol.